The average molecular weight is 393 g/mol. The average Bonchev–Trinajstić information content (AvgIpc) is 3.23. The highest BCUT2D eigenvalue weighted by atomic mass is 31.1. The van der Waals surface area contributed by atoms with E-state index in [1.807, 2.05) is 0 Å². The molecule has 142 valence electrons. The molecule has 2 heteroatoms. The Morgan fingerprint density at radius 3 is 1.72 bits per heavy atom. The first-order valence-corrected chi connectivity index (χ1v) is 11.5. The van der Waals surface area contributed by atoms with Gasteiger partial charge in [-0.1, -0.05) is 103 Å². The maximum atomic E-state index is 2.70. The molecule has 4 aromatic rings. The van der Waals surface area contributed by atoms with Crippen LogP contribution in [0.15, 0.2) is 115 Å². The van der Waals surface area contributed by atoms with Crippen molar-refractivity contribution in [1.29, 1.82) is 0 Å². The number of anilines is 1. The van der Waals surface area contributed by atoms with Crippen LogP contribution in [0.3, 0.4) is 0 Å². The highest BCUT2D eigenvalue weighted by molar-refractivity contribution is 7.74. The van der Waals surface area contributed by atoms with Gasteiger partial charge in [0.05, 0.1) is 14.1 Å². The van der Waals surface area contributed by atoms with Crippen molar-refractivity contribution in [1.82, 2.24) is 0 Å². The van der Waals surface area contributed by atoms with E-state index in [9.17, 15) is 0 Å². The molecule has 0 bridgehead atoms. The van der Waals surface area contributed by atoms with E-state index in [1.54, 1.807) is 0 Å². The number of aryl methyl sites for hydroxylation is 1. The Morgan fingerprint density at radius 1 is 0.586 bits per heavy atom. The van der Waals surface area contributed by atoms with Crippen LogP contribution in [-0.2, 0) is 6.42 Å². The minimum atomic E-state index is -0.693. The molecule has 1 atom stereocenters. The predicted molar refractivity (Wildman–Crippen MR) is 125 cm³/mol. The molecule has 1 nitrogen and oxygen atoms in total. The Hall–Kier alpha value is -2.89. The lowest BCUT2D eigenvalue weighted by Crippen LogP contribution is -2.31. The normalized spacial score (nSPS) is 15.3. The van der Waals surface area contributed by atoms with Crippen LogP contribution in [0.5, 0.6) is 0 Å². The standard InChI is InChI=1S/C27H24NP/c1-4-13-23(14-5-1)28(27-21-20-22-12-10-11-19-26(22)27)29(24-15-6-2-7-16-24)25-17-8-3-9-18-25/h1-19,27H,20-21H2. The predicted octanol–water partition coefficient (Wildman–Crippen LogP) is 6.23. The summed E-state index contributed by atoms with van der Waals surface area (Å²) in [6, 6.07) is 42.4. The van der Waals surface area contributed by atoms with Crippen molar-refractivity contribution in [3.05, 3.63) is 126 Å². The summed E-state index contributed by atoms with van der Waals surface area (Å²) in [5, 5.41) is 2.78. The zero-order valence-corrected chi connectivity index (χ0v) is 17.3. The molecule has 0 saturated carbocycles. The first kappa shape index (κ1) is 18.2. The van der Waals surface area contributed by atoms with E-state index in [0.29, 0.717) is 6.04 Å². The van der Waals surface area contributed by atoms with Crippen LogP contribution in [0.1, 0.15) is 23.6 Å². The van der Waals surface area contributed by atoms with Gasteiger partial charge in [-0.3, -0.25) is 0 Å². The summed E-state index contributed by atoms with van der Waals surface area (Å²) < 4.78 is 2.70. The second kappa shape index (κ2) is 8.23. The van der Waals surface area contributed by atoms with Crippen LogP contribution >= 0.6 is 8.07 Å². The first-order valence-electron chi connectivity index (χ1n) is 10.2. The van der Waals surface area contributed by atoms with Gasteiger partial charge in [0.1, 0.15) is 0 Å². The number of benzene rings is 4. The molecule has 0 aromatic heterocycles. The summed E-state index contributed by atoms with van der Waals surface area (Å²) in [5.74, 6) is 0. The Bertz CT molecular complexity index is 1020. The van der Waals surface area contributed by atoms with E-state index in [0.717, 1.165) is 12.8 Å². The van der Waals surface area contributed by atoms with E-state index in [4.69, 9.17) is 0 Å². The zero-order valence-electron chi connectivity index (χ0n) is 16.4. The largest absolute Gasteiger partial charge is 0.335 e. The van der Waals surface area contributed by atoms with Gasteiger partial charge in [-0.15, -0.1) is 0 Å². The van der Waals surface area contributed by atoms with E-state index in [1.165, 1.54) is 27.4 Å². The van der Waals surface area contributed by atoms with Crippen molar-refractivity contribution in [3.63, 3.8) is 0 Å². The molecule has 29 heavy (non-hydrogen) atoms. The molecule has 0 amide bonds. The van der Waals surface area contributed by atoms with Gasteiger partial charge in [-0.25, -0.2) is 0 Å². The topological polar surface area (TPSA) is 3.24 Å². The highest BCUT2D eigenvalue weighted by Gasteiger charge is 2.34. The molecule has 1 aliphatic rings. The highest BCUT2D eigenvalue weighted by Crippen LogP contribution is 2.51. The lowest BCUT2D eigenvalue weighted by molar-refractivity contribution is 0.716. The number of hydrogen-bond acceptors (Lipinski definition) is 1. The van der Waals surface area contributed by atoms with Gasteiger partial charge in [0, 0.05) is 16.3 Å². The molecule has 0 radical (unpaired) electrons. The number of nitrogens with zero attached hydrogens (tertiary/aromatic N) is 1. The maximum Gasteiger partial charge on any atom is 0.0589 e. The molecule has 0 N–H and O–H groups in total. The van der Waals surface area contributed by atoms with Gasteiger partial charge < -0.3 is 4.67 Å². The maximum absolute atomic E-state index is 2.70. The van der Waals surface area contributed by atoms with Gasteiger partial charge in [-0.05, 0) is 36.1 Å². The van der Waals surface area contributed by atoms with Crippen molar-refractivity contribution in [2.75, 3.05) is 4.67 Å². The fourth-order valence-corrected chi connectivity index (χ4v) is 6.93. The molecule has 0 aliphatic heterocycles. The number of fused-ring (bicyclic) bond motifs is 1. The third-order valence-corrected chi connectivity index (χ3v) is 8.15. The van der Waals surface area contributed by atoms with Crippen LogP contribution in [0.4, 0.5) is 5.69 Å². The molecule has 0 spiro atoms. The van der Waals surface area contributed by atoms with Gasteiger partial charge >= 0.3 is 0 Å². The van der Waals surface area contributed by atoms with Gasteiger partial charge in [0.2, 0.25) is 0 Å². The van der Waals surface area contributed by atoms with E-state index in [2.05, 4.69) is 120 Å². The molecule has 0 fully saturated rings. The van der Waals surface area contributed by atoms with Gasteiger partial charge in [0.15, 0.2) is 0 Å². The van der Waals surface area contributed by atoms with Crippen molar-refractivity contribution < 1.29 is 0 Å². The van der Waals surface area contributed by atoms with E-state index in [-0.39, 0.29) is 0 Å². The van der Waals surface area contributed by atoms with Crippen LogP contribution in [-0.4, -0.2) is 0 Å². The monoisotopic (exact) mass is 393 g/mol. The van der Waals surface area contributed by atoms with Crippen LogP contribution < -0.4 is 15.3 Å². The first-order chi connectivity index (χ1) is 14.4. The summed E-state index contributed by atoms with van der Waals surface area (Å²) in [6.45, 7) is 0. The van der Waals surface area contributed by atoms with Crippen LogP contribution in [0.25, 0.3) is 0 Å². The molecule has 1 unspecified atom stereocenters. The molecular weight excluding hydrogens is 369 g/mol. The summed E-state index contributed by atoms with van der Waals surface area (Å²) in [6.07, 6.45) is 2.31. The molecule has 4 aromatic carbocycles. The lowest BCUT2D eigenvalue weighted by atomic mass is 10.1. The minimum Gasteiger partial charge on any atom is -0.335 e. The Morgan fingerprint density at radius 2 is 1.10 bits per heavy atom. The smallest absolute Gasteiger partial charge is 0.0589 e. The number of hydrogen-bond donors (Lipinski definition) is 0. The van der Waals surface area contributed by atoms with Crippen LogP contribution in [0, 0.1) is 0 Å². The SMILES string of the molecule is c1ccc(N(C2CCc3ccccc32)P(c2ccccc2)c2ccccc2)cc1. The molecule has 5 rings (SSSR count). The molecule has 0 heterocycles. The van der Waals surface area contributed by atoms with Crippen molar-refractivity contribution in [2.45, 2.75) is 18.9 Å². The Labute approximate surface area is 174 Å². The fraction of sp³-hybridized carbons (Fsp3) is 0.111. The quantitative estimate of drug-likeness (QED) is 0.363. The van der Waals surface area contributed by atoms with Crippen molar-refractivity contribution in [2.24, 2.45) is 0 Å². The third kappa shape index (κ3) is 3.59. The molecule has 1 aliphatic carbocycles. The zero-order chi connectivity index (χ0) is 19.5. The van der Waals surface area contributed by atoms with Gasteiger partial charge in [0.25, 0.3) is 0 Å². The third-order valence-electron chi connectivity index (χ3n) is 5.63. The second-order valence-electron chi connectivity index (χ2n) is 7.42. The van der Waals surface area contributed by atoms with Crippen LogP contribution in [0.2, 0.25) is 0 Å². The molecule has 0 saturated heterocycles. The summed E-state index contributed by atoms with van der Waals surface area (Å²) in [7, 11) is -0.693. The molecular formula is C27H24NP. The lowest BCUT2D eigenvalue weighted by Gasteiger charge is -2.39. The van der Waals surface area contributed by atoms with Gasteiger partial charge in [-0.2, -0.15) is 0 Å². The Balaban J connectivity index is 1.70. The van der Waals surface area contributed by atoms with E-state index < -0.39 is 8.07 Å². The summed E-state index contributed by atoms with van der Waals surface area (Å²) in [5.41, 5.74) is 4.28. The minimum absolute atomic E-state index is 0.389. The summed E-state index contributed by atoms with van der Waals surface area (Å²) >= 11 is 0. The number of rotatable bonds is 5. The number of para-hydroxylation sites is 1. The van der Waals surface area contributed by atoms with Crippen molar-refractivity contribution >= 4 is 24.4 Å². The van der Waals surface area contributed by atoms with E-state index >= 15 is 0 Å². The second-order valence-corrected chi connectivity index (χ2v) is 9.50. The fourth-order valence-electron chi connectivity index (χ4n) is 4.34. The summed E-state index contributed by atoms with van der Waals surface area (Å²) in [4.78, 5) is 0. The van der Waals surface area contributed by atoms with Crippen molar-refractivity contribution in [3.8, 4) is 0 Å². The Kier molecular flexibility index (Phi) is 5.15.